The second kappa shape index (κ2) is 9.74. The van der Waals surface area contributed by atoms with Crippen molar-refractivity contribution in [3.05, 3.63) is 96.1 Å². The lowest BCUT2D eigenvalue weighted by Gasteiger charge is -2.43. The molecule has 2 amide bonds. The number of hydrogen-bond donors (Lipinski definition) is 0. The molecular weight excluding hydrogens is 412 g/mol. The lowest BCUT2D eigenvalue weighted by Crippen LogP contribution is -2.47. The SMILES string of the molecule is COc1ccccc1/C=C/C(=O)N1c2ccccc2[C@@H](N(C(C)=O)c2ccccc2)C[C@H]1C. The summed E-state index contributed by atoms with van der Waals surface area (Å²) in [6.07, 6.45) is 4.01. The highest BCUT2D eigenvalue weighted by Gasteiger charge is 2.37. The molecular formula is C28H28N2O3. The van der Waals surface area contributed by atoms with Gasteiger partial charge in [0.15, 0.2) is 0 Å². The minimum absolute atomic E-state index is 0.0240. The van der Waals surface area contributed by atoms with Crippen LogP contribution in [0.15, 0.2) is 84.9 Å². The van der Waals surface area contributed by atoms with Crippen molar-refractivity contribution in [2.24, 2.45) is 0 Å². The van der Waals surface area contributed by atoms with Gasteiger partial charge in [-0.05, 0) is 49.2 Å². The first-order chi connectivity index (χ1) is 16.0. The predicted octanol–water partition coefficient (Wildman–Crippen LogP) is 5.63. The van der Waals surface area contributed by atoms with Crippen molar-refractivity contribution in [2.45, 2.75) is 32.4 Å². The number of amides is 2. The number of methoxy groups -OCH3 is 1. The average molecular weight is 441 g/mol. The second-order valence-electron chi connectivity index (χ2n) is 8.17. The van der Waals surface area contributed by atoms with Gasteiger partial charge in [0.1, 0.15) is 5.75 Å². The third-order valence-corrected chi connectivity index (χ3v) is 6.03. The highest BCUT2D eigenvalue weighted by Crippen LogP contribution is 2.42. The van der Waals surface area contributed by atoms with E-state index in [-0.39, 0.29) is 23.9 Å². The molecule has 1 aliphatic heterocycles. The smallest absolute Gasteiger partial charge is 0.251 e. The Bertz CT molecular complexity index is 1170. The lowest BCUT2D eigenvalue weighted by molar-refractivity contribution is -0.117. The lowest BCUT2D eigenvalue weighted by atomic mass is 9.89. The molecule has 0 aromatic heterocycles. The zero-order valence-electron chi connectivity index (χ0n) is 19.1. The third kappa shape index (κ3) is 4.53. The number of benzene rings is 3. The standard InChI is InChI=1S/C28H28N2O3/c1-20-19-26(30(21(2)31)23-12-5-4-6-13-23)24-14-8-9-15-25(24)29(20)28(32)18-17-22-11-7-10-16-27(22)33-3/h4-18,20,26H,19H2,1-3H3/b18-17+/t20-,26+/m1/s1. The van der Waals surface area contributed by atoms with Crippen LogP contribution in [0.4, 0.5) is 11.4 Å². The minimum Gasteiger partial charge on any atom is -0.496 e. The van der Waals surface area contributed by atoms with Gasteiger partial charge in [0.25, 0.3) is 5.91 Å². The molecule has 0 saturated heterocycles. The number of rotatable bonds is 5. The summed E-state index contributed by atoms with van der Waals surface area (Å²) in [6.45, 7) is 3.62. The Hall–Kier alpha value is -3.86. The summed E-state index contributed by atoms with van der Waals surface area (Å²) in [6, 6.07) is 24.9. The van der Waals surface area contributed by atoms with Crippen molar-refractivity contribution in [1.82, 2.24) is 0 Å². The van der Waals surface area contributed by atoms with Crippen LogP contribution < -0.4 is 14.5 Å². The molecule has 0 bridgehead atoms. The van der Waals surface area contributed by atoms with Crippen molar-refractivity contribution < 1.29 is 14.3 Å². The van der Waals surface area contributed by atoms with Crippen LogP contribution in [0.5, 0.6) is 5.75 Å². The number of hydrogen-bond acceptors (Lipinski definition) is 3. The zero-order valence-corrected chi connectivity index (χ0v) is 19.1. The van der Waals surface area contributed by atoms with Gasteiger partial charge < -0.3 is 14.5 Å². The summed E-state index contributed by atoms with van der Waals surface area (Å²) >= 11 is 0. The van der Waals surface area contributed by atoms with Crippen LogP contribution >= 0.6 is 0 Å². The number of nitrogens with zero attached hydrogens (tertiary/aromatic N) is 2. The molecule has 2 atom stereocenters. The first-order valence-corrected chi connectivity index (χ1v) is 11.1. The van der Waals surface area contributed by atoms with E-state index >= 15 is 0 Å². The van der Waals surface area contributed by atoms with Crippen molar-refractivity contribution >= 4 is 29.3 Å². The van der Waals surface area contributed by atoms with Crippen molar-refractivity contribution in [3.63, 3.8) is 0 Å². The van der Waals surface area contributed by atoms with Crippen molar-refractivity contribution in [3.8, 4) is 5.75 Å². The van der Waals surface area contributed by atoms with Crippen molar-refractivity contribution in [2.75, 3.05) is 16.9 Å². The van der Waals surface area contributed by atoms with Gasteiger partial charge in [-0.25, -0.2) is 0 Å². The van der Waals surface area contributed by atoms with Gasteiger partial charge in [-0.2, -0.15) is 0 Å². The Morgan fingerprint density at radius 1 is 0.970 bits per heavy atom. The predicted molar refractivity (Wildman–Crippen MR) is 132 cm³/mol. The number of carbonyl (C=O) groups excluding carboxylic acids is 2. The summed E-state index contributed by atoms with van der Waals surface area (Å²) in [7, 11) is 1.62. The monoisotopic (exact) mass is 440 g/mol. The van der Waals surface area contributed by atoms with Crippen LogP contribution in [-0.2, 0) is 9.59 Å². The Balaban J connectivity index is 1.69. The quantitative estimate of drug-likeness (QED) is 0.483. The molecule has 0 saturated carbocycles. The molecule has 168 valence electrons. The number of para-hydroxylation sites is 3. The molecule has 4 rings (SSSR count). The van der Waals surface area contributed by atoms with E-state index in [4.69, 9.17) is 4.74 Å². The van der Waals surface area contributed by atoms with E-state index in [0.29, 0.717) is 12.2 Å². The average Bonchev–Trinajstić information content (AvgIpc) is 2.83. The Labute approximate surface area is 194 Å². The van der Waals surface area contributed by atoms with Crippen LogP contribution in [0.2, 0.25) is 0 Å². The fourth-order valence-electron chi connectivity index (χ4n) is 4.58. The zero-order chi connectivity index (χ0) is 23.4. The van der Waals surface area contributed by atoms with Crippen LogP contribution in [0.1, 0.15) is 37.4 Å². The van der Waals surface area contributed by atoms with E-state index in [1.54, 1.807) is 26.2 Å². The number of anilines is 2. The van der Waals surface area contributed by atoms with E-state index < -0.39 is 0 Å². The second-order valence-corrected chi connectivity index (χ2v) is 8.17. The Morgan fingerprint density at radius 2 is 1.64 bits per heavy atom. The van der Waals surface area contributed by atoms with Gasteiger partial charge in [-0.1, -0.05) is 54.6 Å². The van der Waals surface area contributed by atoms with Crippen LogP contribution in [-0.4, -0.2) is 25.0 Å². The molecule has 5 heteroatoms. The van der Waals surface area contributed by atoms with Crippen LogP contribution in [0.25, 0.3) is 6.08 Å². The summed E-state index contributed by atoms with van der Waals surface area (Å²) in [5.41, 5.74) is 3.50. The van der Waals surface area contributed by atoms with Gasteiger partial charge in [0.05, 0.1) is 13.2 Å². The molecule has 5 nitrogen and oxygen atoms in total. The highest BCUT2D eigenvalue weighted by atomic mass is 16.5. The van der Waals surface area contributed by atoms with E-state index in [1.165, 1.54) is 0 Å². The van der Waals surface area contributed by atoms with Gasteiger partial charge in [0.2, 0.25) is 5.91 Å². The molecule has 0 N–H and O–H groups in total. The number of fused-ring (bicyclic) bond motifs is 1. The molecule has 0 radical (unpaired) electrons. The molecule has 1 heterocycles. The molecule has 3 aromatic carbocycles. The third-order valence-electron chi connectivity index (χ3n) is 6.03. The molecule has 3 aromatic rings. The molecule has 0 unspecified atom stereocenters. The maximum Gasteiger partial charge on any atom is 0.251 e. The molecule has 0 spiro atoms. The highest BCUT2D eigenvalue weighted by molar-refractivity contribution is 6.05. The molecule has 33 heavy (non-hydrogen) atoms. The van der Waals surface area contributed by atoms with Gasteiger partial charge in [-0.3, -0.25) is 9.59 Å². The summed E-state index contributed by atoms with van der Waals surface area (Å²) < 4.78 is 5.39. The fraction of sp³-hybridized carbons (Fsp3) is 0.214. The van der Waals surface area contributed by atoms with Crippen LogP contribution in [0, 0.1) is 0 Å². The first-order valence-electron chi connectivity index (χ1n) is 11.1. The fourth-order valence-corrected chi connectivity index (χ4v) is 4.58. The van der Waals surface area contributed by atoms with Gasteiger partial charge in [-0.15, -0.1) is 0 Å². The maximum absolute atomic E-state index is 13.3. The normalized spacial score (nSPS) is 17.5. The summed E-state index contributed by atoms with van der Waals surface area (Å²) in [5, 5.41) is 0. The van der Waals surface area contributed by atoms with E-state index in [1.807, 2.05) is 95.6 Å². The summed E-state index contributed by atoms with van der Waals surface area (Å²) in [5.74, 6) is 0.589. The topological polar surface area (TPSA) is 49.9 Å². The maximum atomic E-state index is 13.3. The Morgan fingerprint density at radius 3 is 2.36 bits per heavy atom. The van der Waals surface area contributed by atoms with Crippen molar-refractivity contribution in [1.29, 1.82) is 0 Å². The number of carbonyl (C=O) groups is 2. The Kier molecular flexibility index (Phi) is 6.59. The summed E-state index contributed by atoms with van der Waals surface area (Å²) in [4.78, 5) is 29.7. The molecule has 0 fully saturated rings. The van der Waals surface area contributed by atoms with E-state index in [2.05, 4.69) is 0 Å². The minimum atomic E-state index is -0.154. The first kappa shape index (κ1) is 22.3. The van der Waals surface area contributed by atoms with E-state index in [9.17, 15) is 9.59 Å². The largest absolute Gasteiger partial charge is 0.496 e. The van der Waals surface area contributed by atoms with Gasteiger partial charge >= 0.3 is 0 Å². The molecule has 1 aliphatic rings. The van der Waals surface area contributed by atoms with Gasteiger partial charge in [0, 0.05) is 36.0 Å². The number of ether oxygens (including phenoxy) is 1. The molecule has 0 aliphatic carbocycles. The van der Waals surface area contributed by atoms with E-state index in [0.717, 1.165) is 22.5 Å². The van der Waals surface area contributed by atoms with Crippen LogP contribution in [0.3, 0.4) is 0 Å².